The summed E-state index contributed by atoms with van der Waals surface area (Å²) in [5.41, 5.74) is 1.61. The molecule has 1 saturated carbocycles. The van der Waals surface area contributed by atoms with E-state index in [1.54, 1.807) is 7.11 Å². The number of hydrogen-bond acceptors (Lipinski definition) is 2. The summed E-state index contributed by atoms with van der Waals surface area (Å²) in [6, 6.07) is 2.12. The third-order valence-corrected chi connectivity index (χ3v) is 4.79. The minimum atomic E-state index is 0.374. The first-order chi connectivity index (χ1) is 11.2. The van der Waals surface area contributed by atoms with E-state index >= 15 is 0 Å². The normalized spacial score (nSPS) is 17.4. The van der Waals surface area contributed by atoms with Crippen LogP contribution in [-0.2, 0) is 18.3 Å². The van der Waals surface area contributed by atoms with Gasteiger partial charge in [0.1, 0.15) is 0 Å². The van der Waals surface area contributed by atoms with Crippen molar-refractivity contribution in [3.05, 3.63) is 24.0 Å². The molecule has 5 nitrogen and oxygen atoms in total. The van der Waals surface area contributed by atoms with E-state index in [9.17, 15) is 0 Å². The first kappa shape index (κ1) is 17.9. The number of ether oxygens (including phenoxy) is 1. The fourth-order valence-electron chi connectivity index (χ4n) is 3.40. The third kappa shape index (κ3) is 5.57. The Morgan fingerprint density at radius 2 is 2.13 bits per heavy atom. The average Bonchev–Trinajstić information content (AvgIpc) is 3.18. The molecule has 0 spiro atoms. The van der Waals surface area contributed by atoms with Crippen molar-refractivity contribution in [3.8, 4) is 0 Å². The van der Waals surface area contributed by atoms with E-state index in [0.29, 0.717) is 12.0 Å². The summed E-state index contributed by atoms with van der Waals surface area (Å²) < 4.78 is 7.37. The zero-order valence-electron chi connectivity index (χ0n) is 14.9. The number of nitrogens with zero attached hydrogens (tertiary/aromatic N) is 2. The van der Waals surface area contributed by atoms with Gasteiger partial charge in [-0.05, 0) is 43.2 Å². The molecule has 0 radical (unpaired) electrons. The van der Waals surface area contributed by atoms with Crippen LogP contribution in [0.2, 0.25) is 0 Å². The summed E-state index contributed by atoms with van der Waals surface area (Å²) in [4.78, 5) is 4.72. The number of guanidine groups is 1. The predicted octanol–water partition coefficient (Wildman–Crippen LogP) is 2.68. The van der Waals surface area contributed by atoms with Gasteiger partial charge in [0.15, 0.2) is 5.96 Å². The summed E-state index contributed by atoms with van der Waals surface area (Å²) in [5, 5.41) is 6.92. The molecule has 1 aromatic rings. The van der Waals surface area contributed by atoms with Crippen LogP contribution in [0.25, 0.3) is 0 Å². The largest absolute Gasteiger partial charge is 0.385 e. The molecular formula is C18H32N4O. The summed E-state index contributed by atoms with van der Waals surface area (Å²) >= 11 is 0. The monoisotopic (exact) mass is 320 g/mol. The molecule has 0 aliphatic heterocycles. The van der Waals surface area contributed by atoms with Crippen molar-refractivity contribution in [2.45, 2.75) is 45.6 Å². The number of nitrogens with one attached hydrogen (secondary N) is 2. The number of rotatable bonds is 8. The van der Waals surface area contributed by atoms with Gasteiger partial charge in [0.05, 0.1) is 6.54 Å². The molecule has 1 heterocycles. The van der Waals surface area contributed by atoms with Crippen molar-refractivity contribution < 1.29 is 4.74 Å². The molecule has 0 atom stereocenters. The van der Waals surface area contributed by atoms with Gasteiger partial charge in [0, 0.05) is 46.2 Å². The van der Waals surface area contributed by atoms with Crippen LogP contribution >= 0.6 is 0 Å². The maximum Gasteiger partial charge on any atom is 0.191 e. The SMILES string of the molecule is CCNC(=NCc1ccn(C)c1)NCC1(CCOC)CCCC1. The molecular weight excluding hydrogens is 288 g/mol. The summed E-state index contributed by atoms with van der Waals surface area (Å²) in [6.07, 6.45) is 10.6. The Morgan fingerprint density at radius 3 is 2.74 bits per heavy atom. The van der Waals surface area contributed by atoms with E-state index in [-0.39, 0.29) is 0 Å². The number of aromatic nitrogens is 1. The molecule has 0 amide bonds. The van der Waals surface area contributed by atoms with Gasteiger partial charge >= 0.3 is 0 Å². The standard InChI is InChI=1S/C18H32N4O/c1-4-19-17(20-13-16-7-11-22(2)14-16)21-15-18(10-12-23-3)8-5-6-9-18/h7,11,14H,4-6,8-10,12-13,15H2,1-3H3,(H2,19,20,21). The molecule has 0 aromatic carbocycles. The molecule has 23 heavy (non-hydrogen) atoms. The highest BCUT2D eigenvalue weighted by Crippen LogP contribution is 2.40. The molecule has 2 N–H and O–H groups in total. The van der Waals surface area contributed by atoms with Crippen molar-refractivity contribution in [3.63, 3.8) is 0 Å². The lowest BCUT2D eigenvalue weighted by Crippen LogP contribution is -2.43. The Kier molecular flexibility index (Phi) is 6.96. The highest BCUT2D eigenvalue weighted by Gasteiger charge is 2.33. The second kappa shape index (κ2) is 8.96. The van der Waals surface area contributed by atoms with Crippen LogP contribution in [0.3, 0.4) is 0 Å². The van der Waals surface area contributed by atoms with Crippen LogP contribution < -0.4 is 10.6 Å². The van der Waals surface area contributed by atoms with Gasteiger partial charge in [-0.15, -0.1) is 0 Å². The molecule has 130 valence electrons. The Bertz CT molecular complexity index is 489. The second-order valence-electron chi connectivity index (χ2n) is 6.68. The predicted molar refractivity (Wildman–Crippen MR) is 95.6 cm³/mol. The molecule has 2 rings (SSSR count). The van der Waals surface area contributed by atoms with Crippen molar-refractivity contribution in [1.82, 2.24) is 15.2 Å². The Balaban J connectivity index is 1.92. The van der Waals surface area contributed by atoms with Gasteiger partial charge in [-0.2, -0.15) is 0 Å². The summed E-state index contributed by atoms with van der Waals surface area (Å²) in [7, 11) is 3.83. The minimum Gasteiger partial charge on any atom is -0.385 e. The van der Waals surface area contributed by atoms with Crippen LogP contribution in [0.5, 0.6) is 0 Å². The number of aryl methyl sites for hydroxylation is 1. The van der Waals surface area contributed by atoms with Crippen molar-refractivity contribution in [2.24, 2.45) is 17.5 Å². The molecule has 5 heteroatoms. The lowest BCUT2D eigenvalue weighted by molar-refractivity contribution is 0.138. The van der Waals surface area contributed by atoms with Crippen LogP contribution in [0, 0.1) is 5.41 Å². The van der Waals surface area contributed by atoms with Crippen LogP contribution in [0.1, 0.15) is 44.6 Å². The Morgan fingerprint density at radius 1 is 1.35 bits per heavy atom. The van der Waals surface area contributed by atoms with Gasteiger partial charge in [-0.3, -0.25) is 0 Å². The minimum absolute atomic E-state index is 0.374. The molecule has 1 aliphatic carbocycles. The van der Waals surface area contributed by atoms with Crippen LogP contribution in [0.4, 0.5) is 0 Å². The zero-order valence-corrected chi connectivity index (χ0v) is 14.9. The lowest BCUT2D eigenvalue weighted by Gasteiger charge is -2.30. The van der Waals surface area contributed by atoms with E-state index in [2.05, 4.69) is 40.6 Å². The fourth-order valence-corrected chi connectivity index (χ4v) is 3.40. The van der Waals surface area contributed by atoms with E-state index in [1.165, 1.54) is 31.2 Å². The average molecular weight is 320 g/mol. The number of aliphatic imine (C=N–C) groups is 1. The smallest absolute Gasteiger partial charge is 0.191 e. The summed E-state index contributed by atoms with van der Waals surface area (Å²) in [5.74, 6) is 0.917. The first-order valence-corrected chi connectivity index (χ1v) is 8.79. The van der Waals surface area contributed by atoms with Gasteiger partial charge in [0.2, 0.25) is 0 Å². The van der Waals surface area contributed by atoms with E-state index in [0.717, 1.165) is 32.1 Å². The van der Waals surface area contributed by atoms with Crippen molar-refractivity contribution in [1.29, 1.82) is 0 Å². The lowest BCUT2D eigenvalue weighted by atomic mass is 9.83. The topological polar surface area (TPSA) is 50.6 Å². The van der Waals surface area contributed by atoms with E-state index in [4.69, 9.17) is 9.73 Å². The zero-order chi connectivity index (χ0) is 16.5. The van der Waals surface area contributed by atoms with Crippen molar-refractivity contribution in [2.75, 3.05) is 26.8 Å². The van der Waals surface area contributed by atoms with Gasteiger partial charge in [-0.1, -0.05) is 12.8 Å². The van der Waals surface area contributed by atoms with Crippen LogP contribution in [-0.4, -0.2) is 37.3 Å². The Hall–Kier alpha value is -1.49. The molecule has 1 aliphatic rings. The van der Waals surface area contributed by atoms with Crippen molar-refractivity contribution >= 4 is 5.96 Å². The van der Waals surface area contributed by atoms with Gasteiger partial charge in [0.25, 0.3) is 0 Å². The van der Waals surface area contributed by atoms with Gasteiger partial charge in [-0.25, -0.2) is 4.99 Å². The molecule has 0 unspecified atom stereocenters. The van der Waals surface area contributed by atoms with E-state index in [1.807, 2.05) is 7.05 Å². The number of methoxy groups -OCH3 is 1. The maximum absolute atomic E-state index is 5.31. The van der Waals surface area contributed by atoms with E-state index < -0.39 is 0 Å². The van der Waals surface area contributed by atoms with Crippen LogP contribution in [0.15, 0.2) is 23.5 Å². The molecule has 1 aromatic heterocycles. The highest BCUT2D eigenvalue weighted by atomic mass is 16.5. The third-order valence-electron chi connectivity index (χ3n) is 4.79. The Labute approximate surface area is 140 Å². The first-order valence-electron chi connectivity index (χ1n) is 8.79. The quantitative estimate of drug-likeness (QED) is 0.572. The maximum atomic E-state index is 5.31. The molecule has 0 bridgehead atoms. The number of hydrogen-bond donors (Lipinski definition) is 2. The highest BCUT2D eigenvalue weighted by molar-refractivity contribution is 5.79. The fraction of sp³-hybridized carbons (Fsp3) is 0.722. The summed E-state index contributed by atoms with van der Waals surface area (Å²) in [6.45, 7) is 5.53. The molecule has 1 fully saturated rings. The second-order valence-corrected chi connectivity index (χ2v) is 6.68. The van der Waals surface area contributed by atoms with Gasteiger partial charge < -0.3 is 19.9 Å². The molecule has 0 saturated heterocycles.